The molecule has 2 atom stereocenters. The molecular weight excluding hydrogens is 364 g/mol. The van der Waals surface area contributed by atoms with Gasteiger partial charge in [0, 0.05) is 10.5 Å². The molecule has 1 aromatic carbocycles. The van der Waals surface area contributed by atoms with Gasteiger partial charge in [-0.15, -0.1) is 12.4 Å². The summed E-state index contributed by atoms with van der Waals surface area (Å²) in [5, 5.41) is 3.31. The van der Waals surface area contributed by atoms with Crippen LogP contribution in [-0.2, 0) is 10.0 Å². The van der Waals surface area contributed by atoms with Crippen molar-refractivity contribution in [3.8, 4) is 0 Å². The molecule has 7 heteroatoms. The van der Waals surface area contributed by atoms with E-state index in [1.54, 1.807) is 18.2 Å². The average Bonchev–Trinajstić information content (AvgIpc) is 2.39. The molecule has 20 heavy (non-hydrogen) atoms. The minimum absolute atomic E-state index is 0. The molecule has 1 aromatic rings. The number of piperidine rings is 1. The maximum atomic E-state index is 12.3. The van der Waals surface area contributed by atoms with E-state index in [2.05, 4.69) is 26.0 Å². The first-order valence-electron chi connectivity index (χ1n) is 6.47. The molecule has 1 saturated heterocycles. The summed E-state index contributed by atoms with van der Waals surface area (Å²) in [6, 6.07) is 6.71. The van der Waals surface area contributed by atoms with Crippen LogP contribution in [0.3, 0.4) is 0 Å². The van der Waals surface area contributed by atoms with E-state index >= 15 is 0 Å². The van der Waals surface area contributed by atoms with Crippen molar-refractivity contribution in [3.05, 3.63) is 28.7 Å². The van der Waals surface area contributed by atoms with Gasteiger partial charge in [0.15, 0.2) is 0 Å². The van der Waals surface area contributed by atoms with Gasteiger partial charge in [0.25, 0.3) is 0 Å². The molecule has 1 aliphatic heterocycles. The molecule has 114 valence electrons. The highest BCUT2D eigenvalue weighted by atomic mass is 79.9. The molecule has 0 radical (unpaired) electrons. The minimum atomic E-state index is -3.44. The number of benzene rings is 1. The van der Waals surface area contributed by atoms with E-state index in [1.807, 2.05) is 13.0 Å². The fourth-order valence-corrected chi connectivity index (χ4v) is 4.26. The predicted octanol–water partition coefficient (Wildman–Crippen LogP) is 2.54. The minimum Gasteiger partial charge on any atom is -0.316 e. The average molecular weight is 384 g/mol. The largest absolute Gasteiger partial charge is 0.316 e. The zero-order valence-corrected chi connectivity index (χ0v) is 14.5. The van der Waals surface area contributed by atoms with Crippen molar-refractivity contribution >= 4 is 38.4 Å². The second-order valence-corrected chi connectivity index (χ2v) is 7.60. The normalized spacial score (nSPS) is 21.0. The zero-order chi connectivity index (χ0) is 13.9. The first-order valence-corrected chi connectivity index (χ1v) is 8.75. The molecule has 1 fully saturated rings. The van der Waals surface area contributed by atoms with Crippen LogP contribution in [-0.4, -0.2) is 27.5 Å². The Morgan fingerprint density at radius 2 is 2.20 bits per heavy atom. The van der Waals surface area contributed by atoms with Crippen molar-refractivity contribution in [1.82, 2.24) is 10.0 Å². The van der Waals surface area contributed by atoms with Crippen LogP contribution in [0, 0.1) is 5.92 Å². The Hall–Kier alpha value is -0.140. The molecule has 4 nitrogen and oxygen atoms in total. The van der Waals surface area contributed by atoms with Gasteiger partial charge in [-0.05, 0) is 57.0 Å². The number of halogens is 2. The number of hydrogen-bond donors (Lipinski definition) is 2. The fourth-order valence-electron chi connectivity index (χ4n) is 2.35. The number of nitrogens with one attached hydrogen (secondary N) is 2. The zero-order valence-electron chi connectivity index (χ0n) is 11.3. The monoisotopic (exact) mass is 382 g/mol. The summed E-state index contributed by atoms with van der Waals surface area (Å²) in [5.41, 5.74) is 0. The van der Waals surface area contributed by atoms with Crippen LogP contribution in [0.5, 0.6) is 0 Å². The van der Waals surface area contributed by atoms with Gasteiger partial charge in [-0.1, -0.05) is 22.0 Å². The molecule has 2 rings (SSSR count). The second-order valence-electron chi connectivity index (χ2n) is 4.97. The SMILES string of the molecule is CC(NS(=O)(=O)c1cccc(Br)c1)C1CCCNC1.Cl. The van der Waals surface area contributed by atoms with Gasteiger partial charge < -0.3 is 5.32 Å². The first-order chi connectivity index (χ1) is 8.99. The van der Waals surface area contributed by atoms with E-state index in [4.69, 9.17) is 0 Å². The summed E-state index contributed by atoms with van der Waals surface area (Å²) in [6.45, 7) is 3.84. The molecule has 1 heterocycles. The molecule has 2 unspecified atom stereocenters. The Balaban J connectivity index is 0.00000200. The first kappa shape index (κ1) is 17.9. The molecule has 0 saturated carbocycles. The maximum Gasteiger partial charge on any atom is 0.240 e. The summed E-state index contributed by atoms with van der Waals surface area (Å²) >= 11 is 3.30. The Bertz CT molecular complexity index is 533. The third kappa shape index (κ3) is 4.70. The Labute approximate surface area is 135 Å². The van der Waals surface area contributed by atoms with E-state index in [-0.39, 0.29) is 18.4 Å². The topological polar surface area (TPSA) is 58.2 Å². The van der Waals surface area contributed by atoms with Crippen molar-refractivity contribution in [2.45, 2.75) is 30.7 Å². The van der Waals surface area contributed by atoms with Crippen LogP contribution in [0.15, 0.2) is 33.6 Å². The van der Waals surface area contributed by atoms with Crippen LogP contribution < -0.4 is 10.0 Å². The highest BCUT2D eigenvalue weighted by molar-refractivity contribution is 9.10. The molecule has 1 aliphatic rings. The summed E-state index contributed by atoms with van der Waals surface area (Å²) < 4.78 is 28.1. The van der Waals surface area contributed by atoms with Crippen LogP contribution in [0.1, 0.15) is 19.8 Å². The van der Waals surface area contributed by atoms with Crippen molar-refractivity contribution in [2.75, 3.05) is 13.1 Å². The molecule has 0 aliphatic carbocycles. The molecule has 0 bridgehead atoms. The van der Waals surface area contributed by atoms with E-state index in [0.717, 1.165) is 30.4 Å². The lowest BCUT2D eigenvalue weighted by Gasteiger charge is -2.28. The number of hydrogen-bond acceptors (Lipinski definition) is 3. The lowest BCUT2D eigenvalue weighted by atomic mass is 9.94. The summed E-state index contributed by atoms with van der Waals surface area (Å²) in [6.07, 6.45) is 2.17. The molecule has 2 N–H and O–H groups in total. The van der Waals surface area contributed by atoms with Crippen molar-refractivity contribution in [1.29, 1.82) is 0 Å². The Morgan fingerprint density at radius 1 is 1.45 bits per heavy atom. The highest BCUT2D eigenvalue weighted by Gasteiger charge is 2.25. The van der Waals surface area contributed by atoms with Gasteiger partial charge in [-0.25, -0.2) is 13.1 Å². The van der Waals surface area contributed by atoms with Gasteiger partial charge in [0.05, 0.1) is 4.90 Å². The lowest BCUT2D eigenvalue weighted by molar-refractivity contribution is 0.320. The van der Waals surface area contributed by atoms with Crippen LogP contribution >= 0.6 is 28.3 Å². The Kier molecular flexibility index (Phi) is 6.94. The van der Waals surface area contributed by atoms with Crippen LogP contribution in [0.25, 0.3) is 0 Å². The van der Waals surface area contributed by atoms with Gasteiger partial charge in [0.2, 0.25) is 10.0 Å². The van der Waals surface area contributed by atoms with E-state index in [9.17, 15) is 8.42 Å². The fraction of sp³-hybridized carbons (Fsp3) is 0.538. The lowest BCUT2D eigenvalue weighted by Crippen LogP contribution is -2.44. The van der Waals surface area contributed by atoms with Crippen LogP contribution in [0.2, 0.25) is 0 Å². The van der Waals surface area contributed by atoms with Gasteiger partial charge in [-0.2, -0.15) is 0 Å². The predicted molar refractivity (Wildman–Crippen MR) is 86.8 cm³/mol. The second kappa shape index (κ2) is 7.75. The quantitative estimate of drug-likeness (QED) is 0.840. The maximum absolute atomic E-state index is 12.3. The van der Waals surface area contributed by atoms with E-state index in [0.29, 0.717) is 10.8 Å². The summed E-state index contributed by atoms with van der Waals surface area (Å²) in [4.78, 5) is 0.303. The Morgan fingerprint density at radius 3 is 2.80 bits per heavy atom. The van der Waals surface area contributed by atoms with Crippen molar-refractivity contribution in [2.24, 2.45) is 5.92 Å². The summed E-state index contributed by atoms with van der Waals surface area (Å²) in [7, 11) is -3.44. The van der Waals surface area contributed by atoms with Crippen molar-refractivity contribution < 1.29 is 8.42 Å². The third-order valence-corrected chi connectivity index (χ3v) is 5.54. The molecule has 0 amide bonds. The van der Waals surface area contributed by atoms with Crippen LogP contribution in [0.4, 0.5) is 0 Å². The number of rotatable bonds is 4. The van der Waals surface area contributed by atoms with Gasteiger partial charge in [0.1, 0.15) is 0 Å². The van der Waals surface area contributed by atoms with E-state index < -0.39 is 10.0 Å². The smallest absolute Gasteiger partial charge is 0.240 e. The standard InChI is InChI=1S/C13H19BrN2O2S.ClH/c1-10(11-4-3-7-15-9-11)16-19(17,18)13-6-2-5-12(14)8-13;/h2,5-6,8,10-11,15-16H,3-4,7,9H2,1H3;1H. The summed E-state index contributed by atoms with van der Waals surface area (Å²) in [5.74, 6) is 0.357. The third-order valence-electron chi connectivity index (χ3n) is 3.49. The number of sulfonamides is 1. The van der Waals surface area contributed by atoms with Crippen molar-refractivity contribution in [3.63, 3.8) is 0 Å². The highest BCUT2D eigenvalue weighted by Crippen LogP contribution is 2.19. The van der Waals surface area contributed by atoms with Gasteiger partial charge >= 0.3 is 0 Å². The molecule has 0 spiro atoms. The van der Waals surface area contributed by atoms with E-state index in [1.165, 1.54) is 0 Å². The molecule has 0 aromatic heterocycles. The van der Waals surface area contributed by atoms with Gasteiger partial charge in [-0.3, -0.25) is 0 Å². The molecular formula is C13H20BrClN2O2S.